The summed E-state index contributed by atoms with van der Waals surface area (Å²) in [7, 11) is 0. The van der Waals surface area contributed by atoms with Crippen LogP contribution in [0.5, 0.6) is 0 Å². The van der Waals surface area contributed by atoms with E-state index in [0.717, 1.165) is 16.5 Å². The number of fused-ring (bicyclic) bond motifs is 1. The van der Waals surface area contributed by atoms with E-state index >= 15 is 0 Å². The van der Waals surface area contributed by atoms with E-state index in [-0.39, 0.29) is 11.7 Å². The third-order valence-corrected chi connectivity index (χ3v) is 4.80. The first kappa shape index (κ1) is 17.5. The predicted octanol–water partition coefficient (Wildman–Crippen LogP) is 4.67. The predicted molar refractivity (Wildman–Crippen MR) is 106 cm³/mol. The highest BCUT2D eigenvalue weighted by atomic mass is 35.5. The number of para-hydroxylation sites is 1. The summed E-state index contributed by atoms with van der Waals surface area (Å²) in [5.41, 5.74) is 2.19. The first-order valence-corrected chi connectivity index (χ1v) is 9.41. The molecule has 2 aromatic heterocycles. The number of aromatic nitrogens is 3. The van der Waals surface area contributed by atoms with Gasteiger partial charge in [0.1, 0.15) is 0 Å². The van der Waals surface area contributed by atoms with Crippen LogP contribution in [0.1, 0.15) is 0 Å². The number of amides is 1. The molecule has 8 heteroatoms. The Morgan fingerprint density at radius 2 is 1.89 bits per heavy atom. The number of benzene rings is 2. The van der Waals surface area contributed by atoms with Gasteiger partial charge in [-0.1, -0.05) is 41.6 Å². The molecule has 0 fully saturated rings. The lowest BCUT2D eigenvalue weighted by Gasteiger charge is -2.07. The van der Waals surface area contributed by atoms with Crippen molar-refractivity contribution in [1.82, 2.24) is 15.2 Å². The molecule has 4 aromatic rings. The summed E-state index contributed by atoms with van der Waals surface area (Å²) >= 11 is 7.05. The first-order chi connectivity index (χ1) is 13.2. The van der Waals surface area contributed by atoms with Crippen LogP contribution in [-0.2, 0) is 4.79 Å². The lowest BCUT2D eigenvalue weighted by atomic mass is 10.2. The van der Waals surface area contributed by atoms with Crippen LogP contribution < -0.4 is 5.32 Å². The normalized spacial score (nSPS) is 10.9. The van der Waals surface area contributed by atoms with Crippen molar-refractivity contribution >= 4 is 45.9 Å². The summed E-state index contributed by atoms with van der Waals surface area (Å²) in [6.45, 7) is 0. The zero-order valence-corrected chi connectivity index (χ0v) is 15.5. The number of thioether (sulfide) groups is 1. The van der Waals surface area contributed by atoms with Crippen molar-refractivity contribution in [2.24, 2.45) is 0 Å². The van der Waals surface area contributed by atoms with Crippen LogP contribution in [0, 0.1) is 0 Å². The van der Waals surface area contributed by atoms with Crippen LogP contribution in [0.3, 0.4) is 0 Å². The van der Waals surface area contributed by atoms with Crippen LogP contribution in [0.25, 0.3) is 22.4 Å². The van der Waals surface area contributed by atoms with Crippen LogP contribution in [0.15, 0.2) is 70.4 Å². The van der Waals surface area contributed by atoms with E-state index < -0.39 is 0 Å². The Labute approximate surface area is 164 Å². The number of nitrogens with zero attached hydrogens (tertiary/aromatic N) is 3. The molecular formula is C19H13ClN4O2S. The molecule has 4 rings (SSSR count). The van der Waals surface area contributed by atoms with Crippen molar-refractivity contribution in [3.63, 3.8) is 0 Å². The molecule has 6 nitrogen and oxygen atoms in total. The summed E-state index contributed by atoms with van der Waals surface area (Å²) in [5, 5.41) is 12.8. The Bertz CT molecular complexity index is 1090. The Hall–Kier alpha value is -2.90. The van der Waals surface area contributed by atoms with E-state index in [9.17, 15) is 4.79 Å². The van der Waals surface area contributed by atoms with Crippen molar-refractivity contribution in [1.29, 1.82) is 0 Å². The van der Waals surface area contributed by atoms with Crippen molar-refractivity contribution in [2.45, 2.75) is 5.22 Å². The van der Waals surface area contributed by atoms with Gasteiger partial charge in [-0.15, -0.1) is 10.2 Å². The van der Waals surface area contributed by atoms with Gasteiger partial charge >= 0.3 is 0 Å². The smallest absolute Gasteiger partial charge is 0.277 e. The largest absolute Gasteiger partial charge is 0.411 e. The molecule has 2 aromatic carbocycles. The van der Waals surface area contributed by atoms with Crippen LogP contribution >= 0.6 is 23.4 Å². The second-order valence-corrected chi connectivity index (χ2v) is 6.96. The van der Waals surface area contributed by atoms with E-state index in [1.807, 2.05) is 30.3 Å². The first-order valence-electron chi connectivity index (χ1n) is 8.05. The van der Waals surface area contributed by atoms with E-state index in [1.54, 1.807) is 30.5 Å². The molecule has 134 valence electrons. The summed E-state index contributed by atoms with van der Waals surface area (Å²) < 4.78 is 5.59. The summed E-state index contributed by atoms with van der Waals surface area (Å²) in [6, 6.07) is 16.5. The van der Waals surface area contributed by atoms with Gasteiger partial charge in [0.15, 0.2) is 0 Å². The van der Waals surface area contributed by atoms with Crippen LogP contribution in [-0.4, -0.2) is 26.8 Å². The molecule has 0 aliphatic carbocycles. The maximum Gasteiger partial charge on any atom is 0.277 e. The average molecular weight is 397 g/mol. The van der Waals surface area contributed by atoms with Gasteiger partial charge < -0.3 is 9.73 Å². The number of pyridine rings is 1. The van der Waals surface area contributed by atoms with Gasteiger partial charge in [-0.25, -0.2) is 0 Å². The standard InChI is InChI=1S/C19H13ClN4O2S/c20-14-8-6-13(7-9-14)18-23-24-19(26-18)27-11-16(25)22-15-5-1-3-12-4-2-10-21-17(12)15/h1-10H,11H2,(H,22,25). The molecule has 0 aliphatic rings. The molecule has 27 heavy (non-hydrogen) atoms. The van der Waals surface area contributed by atoms with Crippen molar-refractivity contribution in [3.05, 3.63) is 65.8 Å². The van der Waals surface area contributed by atoms with Gasteiger partial charge in [0.05, 0.1) is 17.0 Å². The zero-order valence-electron chi connectivity index (χ0n) is 13.9. The van der Waals surface area contributed by atoms with Crippen molar-refractivity contribution in [3.8, 4) is 11.5 Å². The fourth-order valence-corrected chi connectivity index (χ4v) is 3.19. The highest BCUT2D eigenvalue weighted by Gasteiger charge is 2.12. The van der Waals surface area contributed by atoms with Gasteiger partial charge in [-0.3, -0.25) is 9.78 Å². The molecule has 1 amide bonds. The molecule has 2 heterocycles. The average Bonchev–Trinajstić information content (AvgIpc) is 3.16. The Kier molecular flexibility index (Phi) is 5.04. The van der Waals surface area contributed by atoms with Crippen molar-refractivity contribution < 1.29 is 9.21 Å². The van der Waals surface area contributed by atoms with Crippen LogP contribution in [0.4, 0.5) is 5.69 Å². The number of anilines is 1. The molecule has 0 saturated carbocycles. The number of carbonyl (C=O) groups excluding carboxylic acids is 1. The molecule has 0 unspecified atom stereocenters. The van der Waals surface area contributed by atoms with Gasteiger partial charge in [0.2, 0.25) is 11.8 Å². The number of rotatable bonds is 5. The highest BCUT2D eigenvalue weighted by molar-refractivity contribution is 7.99. The molecule has 0 bridgehead atoms. The second-order valence-electron chi connectivity index (χ2n) is 5.60. The molecule has 0 aliphatic heterocycles. The minimum Gasteiger partial charge on any atom is -0.411 e. The Morgan fingerprint density at radius 1 is 1.07 bits per heavy atom. The SMILES string of the molecule is O=C(CSc1nnc(-c2ccc(Cl)cc2)o1)Nc1cccc2cccnc12. The number of nitrogens with one attached hydrogen (secondary N) is 1. The second kappa shape index (κ2) is 7.77. The van der Waals surface area contributed by atoms with Gasteiger partial charge in [0.25, 0.3) is 5.22 Å². The van der Waals surface area contributed by atoms with Gasteiger partial charge in [0, 0.05) is 22.2 Å². The minimum atomic E-state index is -0.176. The van der Waals surface area contributed by atoms with Gasteiger partial charge in [-0.05, 0) is 36.4 Å². The number of halogens is 1. The molecule has 0 saturated heterocycles. The van der Waals surface area contributed by atoms with E-state index in [4.69, 9.17) is 16.0 Å². The van der Waals surface area contributed by atoms with E-state index in [0.29, 0.717) is 21.8 Å². The molecule has 0 spiro atoms. The topological polar surface area (TPSA) is 80.9 Å². The quantitative estimate of drug-likeness (QED) is 0.494. The number of hydrogen-bond acceptors (Lipinski definition) is 6. The third kappa shape index (κ3) is 4.10. The third-order valence-electron chi connectivity index (χ3n) is 3.73. The zero-order chi connectivity index (χ0) is 18.6. The lowest BCUT2D eigenvalue weighted by Crippen LogP contribution is -2.14. The molecule has 0 atom stereocenters. The lowest BCUT2D eigenvalue weighted by molar-refractivity contribution is -0.113. The summed E-state index contributed by atoms with van der Waals surface area (Å²) in [6.07, 6.45) is 1.70. The van der Waals surface area contributed by atoms with Crippen molar-refractivity contribution in [2.75, 3.05) is 11.1 Å². The molecular weight excluding hydrogens is 384 g/mol. The van der Waals surface area contributed by atoms with Crippen LogP contribution in [0.2, 0.25) is 5.02 Å². The Balaban J connectivity index is 1.40. The molecule has 0 radical (unpaired) electrons. The maximum atomic E-state index is 12.3. The summed E-state index contributed by atoms with van der Waals surface area (Å²) in [4.78, 5) is 16.6. The summed E-state index contributed by atoms with van der Waals surface area (Å²) in [5.74, 6) is 0.350. The van der Waals surface area contributed by atoms with Gasteiger partial charge in [-0.2, -0.15) is 0 Å². The monoisotopic (exact) mass is 396 g/mol. The molecule has 1 N–H and O–H groups in total. The van der Waals surface area contributed by atoms with E-state index in [1.165, 1.54) is 11.8 Å². The number of carbonyl (C=O) groups is 1. The van der Waals surface area contributed by atoms with E-state index in [2.05, 4.69) is 20.5 Å². The Morgan fingerprint density at radius 3 is 2.74 bits per heavy atom. The number of hydrogen-bond donors (Lipinski definition) is 1. The maximum absolute atomic E-state index is 12.3. The minimum absolute atomic E-state index is 0.144. The fraction of sp³-hybridized carbons (Fsp3) is 0.0526. The highest BCUT2D eigenvalue weighted by Crippen LogP contribution is 2.25. The fourth-order valence-electron chi connectivity index (χ4n) is 2.50.